The molecule has 2 atom stereocenters. The van der Waals surface area contributed by atoms with E-state index in [0.717, 1.165) is 12.0 Å². The molecular weight excluding hydrogens is 292 g/mol. The third kappa shape index (κ3) is 3.22. The summed E-state index contributed by atoms with van der Waals surface area (Å²) in [7, 11) is 1.59. The lowest BCUT2D eigenvalue weighted by Gasteiger charge is -2.20. The van der Waals surface area contributed by atoms with Crippen LogP contribution in [-0.2, 0) is 4.74 Å². The molecule has 0 aliphatic carbocycles. The van der Waals surface area contributed by atoms with Gasteiger partial charge in [0.25, 0.3) is 0 Å². The molecule has 21 heavy (non-hydrogen) atoms. The van der Waals surface area contributed by atoms with Crippen LogP contribution in [0.15, 0.2) is 30.7 Å². The number of nitrogens with zero attached hydrogens (tertiary/aromatic N) is 3. The van der Waals surface area contributed by atoms with Crippen LogP contribution in [0.1, 0.15) is 18.1 Å². The second-order valence-electron chi connectivity index (χ2n) is 4.69. The molecule has 2 aromatic heterocycles. The van der Waals surface area contributed by atoms with Crippen molar-refractivity contribution in [3.63, 3.8) is 0 Å². The summed E-state index contributed by atoms with van der Waals surface area (Å²) in [6.07, 6.45) is 5.70. The summed E-state index contributed by atoms with van der Waals surface area (Å²) in [5, 5.41) is 3.79. The van der Waals surface area contributed by atoms with E-state index in [1.54, 1.807) is 25.7 Å². The predicted octanol–water partition coefficient (Wildman–Crippen LogP) is 2.48. The van der Waals surface area contributed by atoms with Gasteiger partial charge in [-0.25, -0.2) is 15.0 Å². The molecule has 0 saturated carbocycles. The van der Waals surface area contributed by atoms with Gasteiger partial charge in [-0.15, -0.1) is 0 Å². The van der Waals surface area contributed by atoms with Crippen LogP contribution in [0.5, 0.6) is 5.88 Å². The molecule has 1 aliphatic rings. The third-order valence-electron chi connectivity index (χ3n) is 3.32. The fourth-order valence-electron chi connectivity index (χ4n) is 2.30. The van der Waals surface area contributed by atoms with Gasteiger partial charge in [-0.05, 0) is 12.5 Å². The molecule has 6 nitrogen and oxygen atoms in total. The van der Waals surface area contributed by atoms with Crippen molar-refractivity contribution in [3.05, 3.63) is 41.3 Å². The maximum atomic E-state index is 5.80. The topological polar surface area (TPSA) is 69.2 Å². The molecule has 0 amide bonds. The summed E-state index contributed by atoms with van der Waals surface area (Å²) in [5.74, 6) is 1.13. The first kappa shape index (κ1) is 14.0. The Bertz CT molecular complexity index is 591. The second-order valence-corrected chi connectivity index (χ2v) is 5.13. The van der Waals surface area contributed by atoms with E-state index in [9.17, 15) is 0 Å². The lowest BCUT2D eigenvalue weighted by molar-refractivity contribution is 0.107. The average molecular weight is 307 g/mol. The number of aromatic nitrogens is 3. The van der Waals surface area contributed by atoms with Crippen LogP contribution in [0.2, 0.25) is 5.02 Å². The Morgan fingerprint density at radius 2 is 2.05 bits per heavy atom. The first-order valence-electron chi connectivity index (χ1n) is 6.62. The van der Waals surface area contributed by atoms with Gasteiger partial charge < -0.3 is 14.8 Å². The molecule has 1 N–H and O–H groups in total. The smallest absolute Gasteiger partial charge is 0.222 e. The molecule has 3 rings (SSSR count). The number of methoxy groups -OCH3 is 1. The molecule has 110 valence electrons. The lowest BCUT2D eigenvalue weighted by Crippen LogP contribution is -2.24. The van der Waals surface area contributed by atoms with E-state index in [-0.39, 0.29) is 12.1 Å². The van der Waals surface area contributed by atoms with Gasteiger partial charge in [0.05, 0.1) is 30.6 Å². The number of halogens is 1. The normalized spacial score (nSPS) is 21.2. The van der Waals surface area contributed by atoms with Crippen LogP contribution in [0, 0.1) is 0 Å². The maximum absolute atomic E-state index is 5.80. The average Bonchev–Trinajstić information content (AvgIpc) is 2.98. The van der Waals surface area contributed by atoms with Crippen LogP contribution < -0.4 is 10.1 Å². The van der Waals surface area contributed by atoms with Gasteiger partial charge in [-0.3, -0.25) is 0 Å². The Labute approximate surface area is 127 Å². The van der Waals surface area contributed by atoms with Crippen molar-refractivity contribution in [2.24, 2.45) is 0 Å². The summed E-state index contributed by atoms with van der Waals surface area (Å²) in [6, 6.07) is 3.88. The van der Waals surface area contributed by atoms with E-state index < -0.39 is 0 Å². The van der Waals surface area contributed by atoms with Crippen LogP contribution >= 0.6 is 11.6 Å². The maximum Gasteiger partial charge on any atom is 0.222 e. The van der Waals surface area contributed by atoms with Gasteiger partial charge in [0.2, 0.25) is 11.8 Å². The molecular formula is C14H15ClN4O2. The number of hydrogen-bond acceptors (Lipinski definition) is 6. The van der Waals surface area contributed by atoms with Crippen LogP contribution in [-0.4, -0.2) is 34.7 Å². The Balaban J connectivity index is 1.73. The highest BCUT2D eigenvalue weighted by atomic mass is 35.5. The van der Waals surface area contributed by atoms with Crippen molar-refractivity contribution in [3.8, 4) is 5.88 Å². The zero-order valence-electron chi connectivity index (χ0n) is 11.5. The fourth-order valence-corrected chi connectivity index (χ4v) is 2.40. The zero-order valence-corrected chi connectivity index (χ0v) is 12.2. The number of pyridine rings is 1. The van der Waals surface area contributed by atoms with E-state index in [1.165, 1.54) is 0 Å². The highest BCUT2D eigenvalue weighted by Gasteiger charge is 2.30. The minimum absolute atomic E-state index is 0.0808. The Morgan fingerprint density at radius 3 is 2.71 bits per heavy atom. The molecule has 1 aliphatic heterocycles. The van der Waals surface area contributed by atoms with E-state index in [4.69, 9.17) is 21.1 Å². The molecule has 0 spiro atoms. The molecule has 7 heteroatoms. The SMILES string of the molecule is COc1ccc([C@H]2OCC[C@@H]2Nc2ncc(Cl)cn2)cn1. The van der Waals surface area contributed by atoms with Crippen LogP contribution in [0.4, 0.5) is 5.95 Å². The Kier molecular flexibility index (Phi) is 4.17. The van der Waals surface area contributed by atoms with Gasteiger partial charge in [-0.2, -0.15) is 0 Å². The Hall–Kier alpha value is -1.92. The highest BCUT2D eigenvalue weighted by molar-refractivity contribution is 6.30. The van der Waals surface area contributed by atoms with Crippen molar-refractivity contribution in [1.29, 1.82) is 0 Å². The lowest BCUT2D eigenvalue weighted by atomic mass is 10.0. The number of anilines is 1. The van der Waals surface area contributed by atoms with Gasteiger partial charge in [0, 0.05) is 24.4 Å². The van der Waals surface area contributed by atoms with Crippen molar-refractivity contribution in [2.75, 3.05) is 19.0 Å². The summed E-state index contributed by atoms with van der Waals surface area (Å²) in [4.78, 5) is 12.5. The van der Waals surface area contributed by atoms with E-state index >= 15 is 0 Å². The number of hydrogen-bond donors (Lipinski definition) is 1. The predicted molar refractivity (Wildman–Crippen MR) is 78.6 cm³/mol. The zero-order chi connectivity index (χ0) is 14.7. The Morgan fingerprint density at radius 1 is 1.24 bits per heavy atom. The molecule has 0 bridgehead atoms. The number of rotatable bonds is 4. The summed E-state index contributed by atoms with van der Waals surface area (Å²) >= 11 is 5.78. The van der Waals surface area contributed by atoms with Gasteiger partial charge >= 0.3 is 0 Å². The minimum atomic E-state index is -0.0808. The van der Waals surface area contributed by atoms with E-state index in [1.807, 2.05) is 12.1 Å². The van der Waals surface area contributed by atoms with Gasteiger partial charge in [-0.1, -0.05) is 11.6 Å². The van der Waals surface area contributed by atoms with Crippen molar-refractivity contribution < 1.29 is 9.47 Å². The van der Waals surface area contributed by atoms with Crippen LogP contribution in [0.25, 0.3) is 0 Å². The molecule has 0 radical (unpaired) electrons. The van der Waals surface area contributed by atoms with Crippen LogP contribution in [0.3, 0.4) is 0 Å². The summed E-state index contributed by atoms with van der Waals surface area (Å²) < 4.78 is 10.9. The van der Waals surface area contributed by atoms with E-state index in [2.05, 4.69) is 20.3 Å². The number of ether oxygens (including phenoxy) is 2. The summed E-state index contributed by atoms with van der Waals surface area (Å²) in [6.45, 7) is 0.682. The van der Waals surface area contributed by atoms with Crippen molar-refractivity contribution in [2.45, 2.75) is 18.6 Å². The molecule has 0 aromatic carbocycles. The third-order valence-corrected chi connectivity index (χ3v) is 3.52. The van der Waals surface area contributed by atoms with Gasteiger partial charge in [0.1, 0.15) is 6.10 Å². The van der Waals surface area contributed by atoms with Crippen molar-refractivity contribution >= 4 is 17.5 Å². The molecule has 1 fully saturated rings. The standard InChI is InChI=1S/C14H15ClN4O2/c1-20-12-3-2-9(6-16-12)13-11(4-5-21-13)19-14-17-7-10(15)8-18-14/h2-3,6-8,11,13H,4-5H2,1H3,(H,17,18,19)/t11-,13+/m0/s1. The molecule has 1 saturated heterocycles. The first-order valence-corrected chi connectivity index (χ1v) is 6.99. The van der Waals surface area contributed by atoms with E-state index in [0.29, 0.717) is 23.5 Å². The second kappa shape index (κ2) is 6.24. The highest BCUT2D eigenvalue weighted by Crippen LogP contribution is 2.31. The minimum Gasteiger partial charge on any atom is -0.481 e. The largest absolute Gasteiger partial charge is 0.481 e. The molecule has 0 unspecified atom stereocenters. The quantitative estimate of drug-likeness (QED) is 0.936. The van der Waals surface area contributed by atoms with Gasteiger partial charge in [0.15, 0.2) is 0 Å². The number of nitrogens with one attached hydrogen (secondary N) is 1. The molecule has 2 aromatic rings. The summed E-state index contributed by atoms with van der Waals surface area (Å²) in [5.41, 5.74) is 1.000. The van der Waals surface area contributed by atoms with Crippen molar-refractivity contribution in [1.82, 2.24) is 15.0 Å². The fraction of sp³-hybridized carbons (Fsp3) is 0.357. The first-order chi connectivity index (χ1) is 10.3. The monoisotopic (exact) mass is 306 g/mol. The molecule has 3 heterocycles.